The van der Waals surface area contributed by atoms with Gasteiger partial charge in [0.25, 0.3) is 0 Å². The third-order valence-corrected chi connectivity index (χ3v) is 4.44. The maximum Gasteiger partial charge on any atom is 0.128 e. The Morgan fingerprint density at radius 3 is 2.62 bits per heavy atom. The average Bonchev–Trinajstić information content (AvgIpc) is 2.45. The summed E-state index contributed by atoms with van der Waals surface area (Å²) in [6, 6.07) is 14.1. The standard InChI is InChI=1S/C19H22FN/c1-2-21-13-16-11-10-15(12-19(16)20)18-9-4-3-8-17(18)14-6-5-7-14/h3-4,8-12,14,21H,2,5-7,13H2,1H3. The second kappa shape index (κ2) is 6.40. The van der Waals surface area contributed by atoms with E-state index < -0.39 is 0 Å². The van der Waals surface area contributed by atoms with Crippen LogP contribution in [0.3, 0.4) is 0 Å². The molecule has 0 heterocycles. The second-order valence-electron chi connectivity index (χ2n) is 5.80. The highest BCUT2D eigenvalue weighted by Gasteiger charge is 2.22. The number of halogens is 1. The highest BCUT2D eigenvalue weighted by Crippen LogP contribution is 2.41. The lowest BCUT2D eigenvalue weighted by atomic mass is 9.77. The van der Waals surface area contributed by atoms with Crippen molar-refractivity contribution in [3.05, 3.63) is 59.4 Å². The zero-order valence-electron chi connectivity index (χ0n) is 12.5. The largest absolute Gasteiger partial charge is 0.313 e. The van der Waals surface area contributed by atoms with E-state index in [1.807, 2.05) is 25.1 Å². The molecule has 3 rings (SSSR count). The van der Waals surface area contributed by atoms with Crippen molar-refractivity contribution in [2.45, 2.75) is 38.6 Å². The fourth-order valence-corrected chi connectivity index (χ4v) is 2.95. The zero-order chi connectivity index (χ0) is 14.7. The molecule has 0 aromatic heterocycles. The smallest absolute Gasteiger partial charge is 0.128 e. The van der Waals surface area contributed by atoms with E-state index in [2.05, 4.69) is 23.5 Å². The molecule has 0 amide bonds. The molecule has 21 heavy (non-hydrogen) atoms. The van der Waals surface area contributed by atoms with Gasteiger partial charge in [0, 0.05) is 12.1 Å². The van der Waals surface area contributed by atoms with E-state index in [4.69, 9.17) is 0 Å². The number of hydrogen-bond acceptors (Lipinski definition) is 1. The lowest BCUT2D eigenvalue weighted by Gasteiger charge is -2.28. The summed E-state index contributed by atoms with van der Waals surface area (Å²) in [6.07, 6.45) is 3.84. The lowest BCUT2D eigenvalue weighted by Crippen LogP contribution is -2.13. The van der Waals surface area contributed by atoms with E-state index >= 15 is 0 Å². The first kappa shape index (κ1) is 14.3. The van der Waals surface area contributed by atoms with Crippen molar-refractivity contribution in [3.8, 4) is 11.1 Å². The summed E-state index contributed by atoms with van der Waals surface area (Å²) in [5.41, 5.74) is 4.30. The molecule has 0 radical (unpaired) electrons. The number of hydrogen-bond donors (Lipinski definition) is 1. The first-order valence-electron chi connectivity index (χ1n) is 7.88. The Kier molecular flexibility index (Phi) is 4.35. The molecule has 1 fully saturated rings. The lowest BCUT2D eigenvalue weighted by molar-refractivity contribution is 0.420. The molecule has 1 N–H and O–H groups in total. The molecule has 2 aromatic rings. The molecular formula is C19H22FN. The van der Waals surface area contributed by atoms with Crippen LogP contribution in [0.4, 0.5) is 4.39 Å². The van der Waals surface area contributed by atoms with Gasteiger partial charge in [0.15, 0.2) is 0 Å². The van der Waals surface area contributed by atoms with Crippen LogP contribution in [-0.4, -0.2) is 6.54 Å². The van der Waals surface area contributed by atoms with Crippen LogP contribution >= 0.6 is 0 Å². The van der Waals surface area contributed by atoms with Crippen molar-refractivity contribution in [2.24, 2.45) is 0 Å². The Morgan fingerprint density at radius 1 is 1.14 bits per heavy atom. The summed E-state index contributed by atoms with van der Waals surface area (Å²) in [4.78, 5) is 0. The molecule has 1 saturated carbocycles. The van der Waals surface area contributed by atoms with E-state index in [1.165, 1.54) is 30.4 Å². The molecular weight excluding hydrogens is 261 g/mol. The van der Waals surface area contributed by atoms with Crippen LogP contribution in [0.2, 0.25) is 0 Å². The second-order valence-corrected chi connectivity index (χ2v) is 5.80. The van der Waals surface area contributed by atoms with E-state index in [0.29, 0.717) is 12.5 Å². The average molecular weight is 283 g/mol. The monoisotopic (exact) mass is 283 g/mol. The van der Waals surface area contributed by atoms with Crippen LogP contribution in [0, 0.1) is 5.82 Å². The van der Waals surface area contributed by atoms with Crippen LogP contribution in [0.25, 0.3) is 11.1 Å². The van der Waals surface area contributed by atoms with Gasteiger partial charge in [-0.1, -0.05) is 49.7 Å². The van der Waals surface area contributed by atoms with Gasteiger partial charge in [-0.15, -0.1) is 0 Å². The van der Waals surface area contributed by atoms with Crippen LogP contribution < -0.4 is 5.32 Å². The highest BCUT2D eigenvalue weighted by atomic mass is 19.1. The summed E-state index contributed by atoms with van der Waals surface area (Å²) >= 11 is 0. The van der Waals surface area contributed by atoms with Crippen LogP contribution in [0.5, 0.6) is 0 Å². The molecule has 0 atom stereocenters. The minimum atomic E-state index is -0.114. The number of rotatable bonds is 5. The third-order valence-electron chi connectivity index (χ3n) is 4.44. The normalized spacial score (nSPS) is 15.0. The molecule has 1 aliphatic rings. The molecule has 0 unspecified atom stereocenters. The Hall–Kier alpha value is -1.67. The molecule has 1 aliphatic carbocycles. The minimum absolute atomic E-state index is 0.114. The first-order valence-corrected chi connectivity index (χ1v) is 7.88. The van der Waals surface area contributed by atoms with Crippen molar-refractivity contribution >= 4 is 0 Å². The van der Waals surface area contributed by atoms with Crippen LogP contribution in [0.1, 0.15) is 43.2 Å². The summed E-state index contributed by atoms with van der Waals surface area (Å²) in [5, 5.41) is 3.17. The third kappa shape index (κ3) is 3.01. The van der Waals surface area contributed by atoms with E-state index in [9.17, 15) is 4.39 Å². The van der Waals surface area contributed by atoms with E-state index in [-0.39, 0.29) is 5.82 Å². The Bertz CT molecular complexity index is 617. The van der Waals surface area contributed by atoms with Gasteiger partial charge in [-0.2, -0.15) is 0 Å². The van der Waals surface area contributed by atoms with Gasteiger partial charge in [0.2, 0.25) is 0 Å². The van der Waals surface area contributed by atoms with E-state index in [1.54, 1.807) is 6.07 Å². The van der Waals surface area contributed by atoms with Crippen molar-refractivity contribution in [1.82, 2.24) is 5.32 Å². The Labute approximate surface area is 126 Å². The summed E-state index contributed by atoms with van der Waals surface area (Å²) in [5.74, 6) is 0.544. The Balaban J connectivity index is 1.92. The summed E-state index contributed by atoms with van der Waals surface area (Å²) < 4.78 is 14.2. The van der Waals surface area contributed by atoms with Crippen molar-refractivity contribution in [1.29, 1.82) is 0 Å². The summed E-state index contributed by atoms with van der Waals surface area (Å²) in [6.45, 7) is 3.47. The van der Waals surface area contributed by atoms with Gasteiger partial charge < -0.3 is 5.32 Å². The van der Waals surface area contributed by atoms with Gasteiger partial charge in [0.1, 0.15) is 5.82 Å². The molecule has 2 aromatic carbocycles. The van der Waals surface area contributed by atoms with Crippen LogP contribution in [-0.2, 0) is 6.54 Å². The quantitative estimate of drug-likeness (QED) is 0.825. The maximum atomic E-state index is 14.2. The molecule has 0 spiro atoms. The molecule has 0 aliphatic heterocycles. The molecule has 0 bridgehead atoms. The number of benzene rings is 2. The topological polar surface area (TPSA) is 12.0 Å². The molecule has 2 heteroatoms. The molecule has 1 nitrogen and oxygen atoms in total. The van der Waals surface area contributed by atoms with Gasteiger partial charge in [-0.3, -0.25) is 0 Å². The fourth-order valence-electron chi connectivity index (χ4n) is 2.95. The maximum absolute atomic E-state index is 14.2. The van der Waals surface area contributed by atoms with Crippen molar-refractivity contribution < 1.29 is 4.39 Å². The Morgan fingerprint density at radius 2 is 1.95 bits per heavy atom. The van der Waals surface area contributed by atoms with Gasteiger partial charge in [0.05, 0.1) is 0 Å². The minimum Gasteiger partial charge on any atom is -0.313 e. The summed E-state index contributed by atoms with van der Waals surface area (Å²) in [7, 11) is 0. The van der Waals surface area contributed by atoms with Gasteiger partial charge in [-0.25, -0.2) is 4.39 Å². The van der Waals surface area contributed by atoms with Crippen molar-refractivity contribution in [3.63, 3.8) is 0 Å². The van der Waals surface area contributed by atoms with E-state index in [0.717, 1.165) is 17.7 Å². The first-order chi connectivity index (χ1) is 10.3. The number of nitrogens with one attached hydrogen (secondary N) is 1. The molecule has 110 valence electrons. The molecule has 0 saturated heterocycles. The highest BCUT2D eigenvalue weighted by molar-refractivity contribution is 5.68. The fraction of sp³-hybridized carbons (Fsp3) is 0.368. The van der Waals surface area contributed by atoms with Gasteiger partial charge in [-0.05, 0) is 48.1 Å². The van der Waals surface area contributed by atoms with Crippen molar-refractivity contribution in [2.75, 3.05) is 6.54 Å². The SMILES string of the molecule is CCNCc1ccc(-c2ccccc2C2CCC2)cc1F. The zero-order valence-corrected chi connectivity index (χ0v) is 12.5. The van der Waals surface area contributed by atoms with Gasteiger partial charge >= 0.3 is 0 Å². The predicted octanol–water partition coefficient (Wildman–Crippen LogP) is 4.87. The van der Waals surface area contributed by atoms with Crippen LogP contribution in [0.15, 0.2) is 42.5 Å². The predicted molar refractivity (Wildman–Crippen MR) is 85.8 cm³/mol.